The lowest BCUT2D eigenvalue weighted by atomic mass is 9.95. The Hall–Kier alpha value is -2.05. The molecule has 0 saturated heterocycles. The van der Waals surface area contributed by atoms with E-state index >= 15 is 0 Å². The minimum absolute atomic E-state index is 0.00199. The van der Waals surface area contributed by atoms with Gasteiger partial charge in [-0.2, -0.15) is 18.3 Å². The Morgan fingerprint density at radius 2 is 1.86 bits per heavy atom. The molecule has 1 aliphatic rings. The highest BCUT2D eigenvalue weighted by molar-refractivity contribution is 5.48. The van der Waals surface area contributed by atoms with Crippen LogP contribution in [0.2, 0.25) is 0 Å². The van der Waals surface area contributed by atoms with Crippen LogP contribution in [-0.4, -0.2) is 9.78 Å². The summed E-state index contributed by atoms with van der Waals surface area (Å²) in [7, 11) is 0. The molecule has 1 aliphatic carbocycles. The topological polar surface area (TPSA) is 43.8 Å². The first kappa shape index (κ1) is 13.9. The maximum atomic E-state index is 14.0. The zero-order valence-corrected chi connectivity index (χ0v) is 11.0. The van der Waals surface area contributed by atoms with Crippen molar-refractivity contribution in [3.8, 4) is 5.69 Å². The van der Waals surface area contributed by atoms with E-state index in [1.807, 2.05) is 0 Å². The molecule has 2 N–H and O–H groups in total. The highest BCUT2D eigenvalue weighted by Gasteiger charge is 2.39. The van der Waals surface area contributed by atoms with E-state index in [-0.39, 0.29) is 16.9 Å². The first-order chi connectivity index (χ1) is 9.88. The molecule has 3 nitrogen and oxygen atoms in total. The maximum absolute atomic E-state index is 14.0. The molecule has 7 heteroatoms. The first-order valence-corrected chi connectivity index (χ1v) is 6.61. The number of anilines is 1. The Morgan fingerprint density at radius 1 is 1.14 bits per heavy atom. The minimum atomic E-state index is -4.53. The smallest absolute Gasteiger partial charge is 0.399 e. The third kappa shape index (κ3) is 2.36. The van der Waals surface area contributed by atoms with Gasteiger partial charge in [0.25, 0.3) is 0 Å². The van der Waals surface area contributed by atoms with E-state index in [1.54, 1.807) is 0 Å². The van der Waals surface area contributed by atoms with Crippen LogP contribution < -0.4 is 5.73 Å². The highest BCUT2D eigenvalue weighted by Crippen LogP contribution is 2.37. The second-order valence-electron chi connectivity index (χ2n) is 5.10. The van der Waals surface area contributed by atoms with Gasteiger partial charge in [0.2, 0.25) is 0 Å². The van der Waals surface area contributed by atoms with Gasteiger partial charge in [-0.1, -0.05) is 0 Å². The second kappa shape index (κ2) is 4.75. The van der Waals surface area contributed by atoms with Gasteiger partial charge in [-0.25, -0.2) is 9.07 Å². The molecular formula is C14H13F4N3. The van der Waals surface area contributed by atoms with Crippen molar-refractivity contribution < 1.29 is 17.6 Å². The van der Waals surface area contributed by atoms with Crippen molar-refractivity contribution in [3.63, 3.8) is 0 Å². The molecule has 0 radical (unpaired) electrons. The fourth-order valence-corrected chi connectivity index (χ4v) is 2.72. The van der Waals surface area contributed by atoms with E-state index < -0.39 is 17.7 Å². The Kier molecular flexibility index (Phi) is 3.15. The van der Waals surface area contributed by atoms with Gasteiger partial charge in [-0.15, -0.1) is 0 Å². The fraction of sp³-hybridized carbons (Fsp3) is 0.357. The predicted molar refractivity (Wildman–Crippen MR) is 69.6 cm³/mol. The molecule has 0 spiro atoms. The van der Waals surface area contributed by atoms with E-state index in [2.05, 4.69) is 5.10 Å². The number of nitrogens with two attached hydrogens (primary N) is 1. The van der Waals surface area contributed by atoms with Crippen LogP contribution in [0.5, 0.6) is 0 Å². The van der Waals surface area contributed by atoms with Gasteiger partial charge in [0.1, 0.15) is 5.69 Å². The fourth-order valence-electron chi connectivity index (χ4n) is 2.72. The van der Waals surface area contributed by atoms with Crippen LogP contribution in [-0.2, 0) is 19.0 Å². The molecule has 3 rings (SSSR count). The number of fused-ring (bicyclic) bond motifs is 1. The number of benzene rings is 1. The maximum Gasteiger partial charge on any atom is 0.435 e. The van der Waals surface area contributed by atoms with E-state index in [1.165, 1.54) is 12.1 Å². The van der Waals surface area contributed by atoms with Crippen molar-refractivity contribution in [1.82, 2.24) is 9.78 Å². The normalized spacial score (nSPS) is 15.0. The van der Waals surface area contributed by atoms with Gasteiger partial charge in [-0.3, -0.25) is 0 Å². The average Bonchev–Trinajstić information content (AvgIpc) is 2.78. The monoisotopic (exact) mass is 299 g/mol. The van der Waals surface area contributed by atoms with Crippen molar-refractivity contribution in [3.05, 3.63) is 41.0 Å². The molecule has 0 fully saturated rings. The van der Waals surface area contributed by atoms with E-state index in [0.717, 1.165) is 17.2 Å². The van der Waals surface area contributed by atoms with Crippen molar-refractivity contribution >= 4 is 5.69 Å². The van der Waals surface area contributed by atoms with E-state index in [0.29, 0.717) is 25.0 Å². The van der Waals surface area contributed by atoms with Crippen LogP contribution in [0.15, 0.2) is 18.2 Å². The van der Waals surface area contributed by atoms with E-state index in [9.17, 15) is 17.6 Å². The van der Waals surface area contributed by atoms with Crippen molar-refractivity contribution in [2.75, 3.05) is 5.73 Å². The second-order valence-corrected chi connectivity index (χ2v) is 5.10. The van der Waals surface area contributed by atoms with Gasteiger partial charge in [-0.05, 0) is 43.9 Å². The summed E-state index contributed by atoms with van der Waals surface area (Å²) in [6.07, 6.45) is -2.29. The molecule has 1 aromatic heterocycles. The van der Waals surface area contributed by atoms with Crippen LogP contribution in [0.25, 0.3) is 5.69 Å². The van der Waals surface area contributed by atoms with Gasteiger partial charge in [0.15, 0.2) is 11.5 Å². The highest BCUT2D eigenvalue weighted by atomic mass is 19.4. The van der Waals surface area contributed by atoms with Crippen LogP contribution in [0.3, 0.4) is 0 Å². The van der Waals surface area contributed by atoms with E-state index in [4.69, 9.17) is 5.73 Å². The van der Waals surface area contributed by atoms with Crippen molar-refractivity contribution in [2.24, 2.45) is 0 Å². The number of nitrogen functional groups attached to an aromatic ring is 1. The van der Waals surface area contributed by atoms with Crippen LogP contribution in [0.4, 0.5) is 23.2 Å². The number of halogens is 4. The number of alkyl halides is 3. The number of nitrogens with zero attached hydrogens (tertiary/aromatic N) is 2. The van der Waals surface area contributed by atoms with Gasteiger partial charge >= 0.3 is 6.18 Å². The summed E-state index contributed by atoms with van der Waals surface area (Å²) in [5, 5.41) is 3.63. The summed E-state index contributed by atoms with van der Waals surface area (Å²) in [5.41, 5.74) is 5.40. The molecule has 0 unspecified atom stereocenters. The van der Waals surface area contributed by atoms with Gasteiger partial charge in [0.05, 0.1) is 0 Å². The van der Waals surface area contributed by atoms with Gasteiger partial charge in [0, 0.05) is 16.9 Å². The lowest BCUT2D eigenvalue weighted by Gasteiger charge is -2.15. The Balaban J connectivity index is 2.21. The largest absolute Gasteiger partial charge is 0.435 e. The minimum Gasteiger partial charge on any atom is -0.399 e. The summed E-state index contributed by atoms with van der Waals surface area (Å²) >= 11 is 0. The zero-order chi connectivity index (χ0) is 15.2. The zero-order valence-electron chi connectivity index (χ0n) is 11.0. The van der Waals surface area contributed by atoms with Crippen LogP contribution >= 0.6 is 0 Å². The molecule has 0 atom stereocenters. The molecular weight excluding hydrogens is 286 g/mol. The number of aromatic nitrogens is 2. The van der Waals surface area contributed by atoms with Crippen LogP contribution in [0, 0.1) is 5.82 Å². The summed E-state index contributed by atoms with van der Waals surface area (Å²) in [6.45, 7) is 0. The lowest BCUT2D eigenvalue weighted by Crippen LogP contribution is -2.11. The average molecular weight is 299 g/mol. The summed E-state index contributed by atoms with van der Waals surface area (Å²) in [6, 6.07) is 3.88. The summed E-state index contributed by atoms with van der Waals surface area (Å²) < 4.78 is 54.3. The summed E-state index contributed by atoms with van der Waals surface area (Å²) in [4.78, 5) is 0. The molecule has 0 saturated carbocycles. The molecule has 0 aliphatic heterocycles. The summed E-state index contributed by atoms with van der Waals surface area (Å²) in [5.74, 6) is -0.681. The number of rotatable bonds is 1. The number of hydrogen-bond acceptors (Lipinski definition) is 2. The predicted octanol–water partition coefficient (Wildman–Crippen LogP) is 3.49. The Labute approximate surface area is 118 Å². The molecule has 1 aromatic carbocycles. The third-order valence-electron chi connectivity index (χ3n) is 3.65. The van der Waals surface area contributed by atoms with Crippen molar-refractivity contribution in [1.29, 1.82) is 0 Å². The SMILES string of the molecule is Nc1ccc(-n2nc(C(F)(F)F)c3c2CCCC3)c(F)c1. The standard InChI is InChI=1S/C14H13F4N3/c15-10-7-8(19)5-6-12(10)21-11-4-2-1-3-9(11)13(20-21)14(16,17)18/h5-7H,1-4,19H2. The molecule has 21 heavy (non-hydrogen) atoms. The molecule has 2 aromatic rings. The molecule has 0 bridgehead atoms. The van der Waals surface area contributed by atoms with Gasteiger partial charge < -0.3 is 5.73 Å². The third-order valence-corrected chi connectivity index (χ3v) is 3.65. The van der Waals surface area contributed by atoms with Crippen molar-refractivity contribution in [2.45, 2.75) is 31.9 Å². The lowest BCUT2D eigenvalue weighted by molar-refractivity contribution is -0.142. The molecule has 1 heterocycles. The quantitative estimate of drug-likeness (QED) is 0.647. The molecule has 112 valence electrons. The molecule has 0 amide bonds. The Morgan fingerprint density at radius 3 is 2.52 bits per heavy atom. The Bertz CT molecular complexity index is 688. The van der Waals surface area contributed by atoms with Crippen LogP contribution in [0.1, 0.15) is 29.8 Å². The first-order valence-electron chi connectivity index (χ1n) is 6.61. The number of hydrogen-bond donors (Lipinski definition) is 1.